The molecule has 10 nitrogen and oxygen atoms in total. The minimum atomic E-state index is -4.61. The van der Waals surface area contributed by atoms with Crippen molar-refractivity contribution in [2.75, 3.05) is 12.3 Å². The number of amides is 1. The highest BCUT2D eigenvalue weighted by atomic mass is 32.2. The summed E-state index contributed by atoms with van der Waals surface area (Å²) < 4.78 is 77.0. The van der Waals surface area contributed by atoms with Crippen molar-refractivity contribution in [2.24, 2.45) is 0 Å². The number of nitrogens with two attached hydrogens (primary N) is 1. The Morgan fingerprint density at radius 2 is 1.68 bits per heavy atom. The fraction of sp³-hybridized carbons (Fsp3) is 0.185. The van der Waals surface area contributed by atoms with Crippen LogP contribution >= 0.6 is 0 Å². The molecule has 0 saturated heterocycles. The lowest BCUT2D eigenvalue weighted by Crippen LogP contribution is -2.31. The van der Waals surface area contributed by atoms with Crippen LogP contribution in [-0.2, 0) is 10.0 Å². The number of hydrogen-bond acceptors (Lipinski definition) is 9. The average molecular weight is 588 g/mol. The van der Waals surface area contributed by atoms with Gasteiger partial charge in [-0.3, -0.25) is 4.79 Å². The SMILES string of the molecule is Cc1cc(C)c(Oc2nc(-c3cccnc3OCC(F)(F)F)ccc2C(=O)NS(=O)(=O)c2cccc(N)n2)c(C)c1. The first kappa shape index (κ1) is 29.3. The first-order valence-corrected chi connectivity index (χ1v) is 13.4. The number of aryl methyl sites for hydroxylation is 3. The highest BCUT2D eigenvalue weighted by molar-refractivity contribution is 7.90. The van der Waals surface area contributed by atoms with E-state index in [-0.39, 0.29) is 34.4 Å². The number of nitrogen functional groups attached to an aromatic ring is 1. The number of nitrogens with one attached hydrogen (secondary N) is 1. The molecule has 214 valence electrons. The number of sulfonamides is 1. The van der Waals surface area contributed by atoms with Gasteiger partial charge in [0.2, 0.25) is 11.8 Å². The maximum Gasteiger partial charge on any atom is 0.422 e. The van der Waals surface area contributed by atoms with Gasteiger partial charge in [0, 0.05) is 6.20 Å². The standard InChI is InChI=1S/C27H24F3N5O5S/c1-15-12-16(2)23(17(3)13-15)40-26-19(24(36)35-41(37,38)22-8-4-7-21(31)34-22)9-10-20(33-26)18-6-5-11-32-25(18)39-14-27(28,29)30/h4-13H,14H2,1-3H3,(H2,31,34)(H,35,36). The van der Waals surface area contributed by atoms with Crippen molar-refractivity contribution in [2.45, 2.75) is 32.0 Å². The molecule has 0 aliphatic rings. The molecule has 0 aliphatic carbocycles. The second kappa shape index (κ2) is 11.4. The number of hydrogen-bond donors (Lipinski definition) is 2. The Morgan fingerprint density at radius 1 is 0.976 bits per heavy atom. The molecule has 0 radical (unpaired) electrons. The monoisotopic (exact) mass is 587 g/mol. The molecule has 1 amide bonds. The number of carbonyl (C=O) groups excluding carboxylic acids is 1. The third-order valence-electron chi connectivity index (χ3n) is 5.58. The molecule has 0 unspecified atom stereocenters. The van der Waals surface area contributed by atoms with Gasteiger partial charge >= 0.3 is 6.18 Å². The predicted molar refractivity (Wildman–Crippen MR) is 143 cm³/mol. The molecule has 4 aromatic rings. The smallest absolute Gasteiger partial charge is 0.422 e. The van der Waals surface area contributed by atoms with E-state index < -0.39 is 33.7 Å². The van der Waals surface area contributed by atoms with Gasteiger partial charge < -0.3 is 15.2 Å². The first-order valence-electron chi connectivity index (χ1n) is 11.9. The molecule has 3 aromatic heterocycles. The van der Waals surface area contributed by atoms with Gasteiger partial charge in [0.1, 0.15) is 17.1 Å². The van der Waals surface area contributed by atoms with Crippen LogP contribution in [0.15, 0.2) is 65.8 Å². The summed E-state index contributed by atoms with van der Waals surface area (Å²) in [6, 6.07) is 13.0. The molecular formula is C27H24F3N5O5S. The van der Waals surface area contributed by atoms with E-state index in [9.17, 15) is 26.4 Å². The Bertz CT molecular complexity index is 1710. The zero-order valence-corrected chi connectivity index (χ0v) is 22.8. The highest BCUT2D eigenvalue weighted by Gasteiger charge is 2.30. The predicted octanol–water partition coefficient (Wildman–Crippen LogP) is 4.90. The van der Waals surface area contributed by atoms with Crippen LogP contribution < -0.4 is 19.9 Å². The maximum absolute atomic E-state index is 13.2. The Morgan fingerprint density at radius 3 is 2.34 bits per heavy atom. The Hall–Kier alpha value is -4.72. The van der Waals surface area contributed by atoms with Crippen molar-refractivity contribution < 1.29 is 35.9 Å². The number of nitrogens with zero attached hydrogens (tertiary/aromatic N) is 3. The van der Waals surface area contributed by atoms with Crippen LogP contribution in [0.25, 0.3) is 11.3 Å². The van der Waals surface area contributed by atoms with E-state index in [2.05, 4.69) is 15.0 Å². The van der Waals surface area contributed by atoms with Crippen LogP contribution in [0.2, 0.25) is 0 Å². The number of aromatic nitrogens is 3. The van der Waals surface area contributed by atoms with E-state index in [1.165, 1.54) is 42.6 Å². The zero-order chi connectivity index (χ0) is 29.9. The molecule has 3 N–H and O–H groups in total. The number of anilines is 1. The van der Waals surface area contributed by atoms with Crippen LogP contribution in [-0.4, -0.2) is 42.1 Å². The molecule has 41 heavy (non-hydrogen) atoms. The number of rotatable bonds is 8. The van der Waals surface area contributed by atoms with Crippen molar-refractivity contribution in [3.63, 3.8) is 0 Å². The summed E-state index contributed by atoms with van der Waals surface area (Å²) in [5.41, 5.74) is 7.81. The van der Waals surface area contributed by atoms with Gasteiger partial charge in [-0.15, -0.1) is 0 Å². The van der Waals surface area contributed by atoms with Crippen molar-refractivity contribution in [1.29, 1.82) is 0 Å². The Labute approximate surface area is 233 Å². The molecule has 0 aliphatic heterocycles. The van der Waals surface area contributed by atoms with Crippen LogP contribution in [0.3, 0.4) is 0 Å². The second-order valence-corrected chi connectivity index (χ2v) is 10.6. The van der Waals surface area contributed by atoms with Crippen LogP contribution in [0, 0.1) is 20.8 Å². The quantitative estimate of drug-likeness (QED) is 0.294. The number of carbonyl (C=O) groups is 1. The number of pyridine rings is 3. The molecule has 0 atom stereocenters. The summed E-state index contributed by atoms with van der Waals surface area (Å²) in [6.07, 6.45) is -3.36. The van der Waals surface area contributed by atoms with Crippen LogP contribution in [0.1, 0.15) is 27.0 Å². The van der Waals surface area contributed by atoms with Crippen LogP contribution in [0.5, 0.6) is 17.5 Å². The van der Waals surface area contributed by atoms with Crippen molar-refractivity contribution in [3.8, 4) is 28.8 Å². The third-order valence-corrected chi connectivity index (χ3v) is 6.81. The van der Waals surface area contributed by atoms with Crippen molar-refractivity contribution >= 4 is 21.7 Å². The van der Waals surface area contributed by atoms with Gasteiger partial charge in [-0.2, -0.15) is 21.6 Å². The van der Waals surface area contributed by atoms with E-state index in [4.69, 9.17) is 15.2 Å². The van der Waals surface area contributed by atoms with E-state index in [0.717, 1.165) is 11.6 Å². The normalized spacial score (nSPS) is 11.7. The first-order chi connectivity index (χ1) is 19.2. The fourth-order valence-electron chi connectivity index (χ4n) is 3.93. The molecule has 0 saturated carbocycles. The number of halogens is 3. The van der Waals surface area contributed by atoms with Gasteiger partial charge in [-0.05, 0) is 68.3 Å². The lowest BCUT2D eigenvalue weighted by Gasteiger charge is -2.17. The minimum absolute atomic E-state index is 0.0598. The molecule has 14 heteroatoms. The zero-order valence-electron chi connectivity index (χ0n) is 22.0. The summed E-state index contributed by atoms with van der Waals surface area (Å²) >= 11 is 0. The summed E-state index contributed by atoms with van der Waals surface area (Å²) in [7, 11) is -4.44. The fourth-order valence-corrected chi connectivity index (χ4v) is 4.87. The van der Waals surface area contributed by atoms with Gasteiger partial charge in [-0.25, -0.2) is 19.7 Å². The molecule has 0 bridgehead atoms. The van der Waals surface area contributed by atoms with Crippen molar-refractivity contribution in [1.82, 2.24) is 19.7 Å². The average Bonchev–Trinajstić information content (AvgIpc) is 2.89. The van der Waals surface area contributed by atoms with E-state index >= 15 is 0 Å². The van der Waals surface area contributed by atoms with E-state index in [1.807, 2.05) is 23.8 Å². The summed E-state index contributed by atoms with van der Waals surface area (Å²) in [5, 5.41) is -0.482. The molecule has 4 rings (SSSR count). The lowest BCUT2D eigenvalue weighted by atomic mass is 10.1. The summed E-state index contributed by atoms with van der Waals surface area (Å²) in [6.45, 7) is 3.86. The van der Waals surface area contributed by atoms with E-state index in [1.54, 1.807) is 13.8 Å². The number of alkyl halides is 3. The number of benzene rings is 1. The van der Waals surface area contributed by atoms with Crippen molar-refractivity contribution in [3.05, 3.63) is 83.0 Å². The second-order valence-electron chi connectivity index (χ2n) is 8.97. The van der Waals surface area contributed by atoms with Gasteiger partial charge in [-0.1, -0.05) is 23.8 Å². The van der Waals surface area contributed by atoms with Gasteiger partial charge in [0.25, 0.3) is 15.9 Å². The third kappa shape index (κ3) is 7.08. The molecule has 1 aromatic carbocycles. The minimum Gasteiger partial charge on any atom is -0.468 e. The molecule has 3 heterocycles. The van der Waals surface area contributed by atoms with Gasteiger partial charge in [0.15, 0.2) is 11.6 Å². The number of ether oxygens (including phenoxy) is 2. The highest BCUT2D eigenvalue weighted by Crippen LogP contribution is 2.34. The van der Waals surface area contributed by atoms with E-state index in [0.29, 0.717) is 16.9 Å². The van der Waals surface area contributed by atoms with Gasteiger partial charge in [0.05, 0.1) is 11.3 Å². The largest absolute Gasteiger partial charge is 0.468 e. The summed E-state index contributed by atoms with van der Waals surface area (Å²) in [4.78, 5) is 25.2. The molecule has 0 fully saturated rings. The Kier molecular flexibility index (Phi) is 8.14. The Balaban J connectivity index is 1.79. The molecular weight excluding hydrogens is 563 g/mol. The van der Waals surface area contributed by atoms with Crippen LogP contribution in [0.4, 0.5) is 19.0 Å². The summed E-state index contributed by atoms with van der Waals surface area (Å²) in [5.74, 6) is -1.46. The lowest BCUT2D eigenvalue weighted by molar-refractivity contribution is -0.154. The topological polar surface area (TPSA) is 146 Å². The maximum atomic E-state index is 13.2. The molecule has 0 spiro atoms.